The van der Waals surface area contributed by atoms with Crippen molar-refractivity contribution in [1.29, 1.82) is 0 Å². The van der Waals surface area contributed by atoms with Crippen LogP contribution in [0.5, 0.6) is 0 Å². The molecule has 146 valence electrons. The number of rotatable bonds is 3. The Hall–Kier alpha value is -2.15. The van der Waals surface area contributed by atoms with Crippen molar-refractivity contribution < 1.29 is 14.3 Å². The summed E-state index contributed by atoms with van der Waals surface area (Å²) in [6.45, 7) is 7.78. The van der Waals surface area contributed by atoms with Crippen LogP contribution in [0, 0.1) is 0 Å². The molecular formula is C20H27N3O3S. The van der Waals surface area contributed by atoms with Crippen LogP contribution in [0.4, 0.5) is 4.79 Å². The Bertz CT molecular complexity index is 794. The van der Waals surface area contributed by atoms with E-state index in [1.54, 1.807) is 39.0 Å². The third-order valence-electron chi connectivity index (χ3n) is 4.49. The van der Waals surface area contributed by atoms with Crippen molar-refractivity contribution in [3.05, 3.63) is 29.3 Å². The van der Waals surface area contributed by atoms with Gasteiger partial charge in [-0.25, -0.2) is 9.78 Å². The zero-order chi connectivity index (χ0) is 19.6. The first-order valence-corrected chi connectivity index (χ1v) is 10.2. The summed E-state index contributed by atoms with van der Waals surface area (Å²) in [6, 6.07) is 7.35. The van der Waals surface area contributed by atoms with Gasteiger partial charge in [0.1, 0.15) is 16.7 Å². The number of likely N-dealkylation sites (tertiary alicyclic amines) is 1. The quantitative estimate of drug-likeness (QED) is 0.851. The van der Waals surface area contributed by atoms with E-state index in [1.165, 1.54) is 0 Å². The molecule has 1 aromatic carbocycles. The molecule has 3 rings (SSSR count). The van der Waals surface area contributed by atoms with E-state index in [0.717, 1.165) is 34.5 Å². The Kier molecular flexibility index (Phi) is 5.69. The fourth-order valence-corrected chi connectivity index (χ4v) is 4.39. The number of alkyl carbamates (subject to hydrolysis) is 1. The number of hydrogen-bond donors (Lipinski definition) is 1. The van der Waals surface area contributed by atoms with Crippen LogP contribution in [-0.2, 0) is 9.53 Å². The highest BCUT2D eigenvalue weighted by Crippen LogP contribution is 2.35. The minimum absolute atomic E-state index is 0.0356. The Morgan fingerprint density at radius 2 is 2.04 bits per heavy atom. The third-order valence-corrected chi connectivity index (χ3v) is 5.62. The highest BCUT2D eigenvalue weighted by atomic mass is 32.1. The van der Waals surface area contributed by atoms with Crippen LogP contribution in [-0.4, -0.2) is 40.1 Å². The van der Waals surface area contributed by atoms with Crippen molar-refractivity contribution in [3.63, 3.8) is 0 Å². The lowest BCUT2D eigenvalue weighted by atomic mass is 10.0. The summed E-state index contributed by atoms with van der Waals surface area (Å²) in [5, 5.41) is 3.63. The van der Waals surface area contributed by atoms with Gasteiger partial charge in [0, 0.05) is 6.54 Å². The van der Waals surface area contributed by atoms with Crippen LogP contribution in [0.15, 0.2) is 24.3 Å². The van der Waals surface area contributed by atoms with Crippen LogP contribution in [0.1, 0.15) is 58.0 Å². The normalized spacial score (nSPS) is 19.0. The van der Waals surface area contributed by atoms with Crippen LogP contribution in [0.3, 0.4) is 0 Å². The summed E-state index contributed by atoms with van der Waals surface area (Å²) in [6.07, 6.45) is 2.35. The average molecular weight is 390 g/mol. The van der Waals surface area contributed by atoms with Crippen LogP contribution in [0.2, 0.25) is 0 Å². The summed E-state index contributed by atoms with van der Waals surface area (Å²) < 4.78 is 6.40. The Morgan fingerprint density at radius 1 is 1.30 bits per heavy atom. The smallest absolute Gasteiger partial charge is 0.408 e. The van der Waals surface area contributed by atoms with Crippen molar-refractivity contribution in [2.45, 2.75) is 64.6 Å². The van der Waals surface area contributed by atoms with E-state index in [9.17, 15) is 9.59 Å². The monoisotopic (exact) mass is 389 g/mol. The van der Waals surface area contributed by atoms with E-state index in [0.29, 0.717) is 6.54 Å². The second-order valence-electron chi connectivity index (χ2n) is 7.93. The second-order valence-corrected chi connectivity index (χ2v) is 8.99. The van der Waals surface area contributed by atoms with Gasteiger partial charge in [0.25, 0.3) is 0 Å². The number of benzene rings is 1. The molecule has 1 fully saturated rings. The van der Waals surface area contributed by atoms with Crippen LogP contribution >= 0.6 is 11.3 Å². The Labute approximate surface area is 163 Å². The number of amides is 2. The molecule has 1 aliphatic heterocycles. The summed E-state index contributed by atoms with van der Waals surface area (Å²) in [5.41, 5.74) is 0.372. The molecule has 2 aromatic rings. The Morgan fingerprint density at radius 3 is 2.74 bits per heavy atom. The minimum atomic E-state index is -0.644. The number of carbonyl (C=O) groups excluding carboxylic acids is 2. The van der Waals surface area contributed by atoms with E-state index in [4.69, 9.17) is 9.72 Å². The highest BCUT2D eigenvalue weighted by molar-refractivity contribution is 7.18. The number of fused-ring (bicyclic) bond motifs is 1. The number of nitrogens with one attached hydrogen (secondary N) is 1. The van der Waals surface area contributed by atoms with Gasteiger partial charge in [0.2, 0.25) is 5.91 Å². The second kappa shape index (κ2) is 7.84. The number of carbonyl (C=O) groups is 2. The SMILES string of the molecule is CC(NC(=O)OC(C)(C)C)C(=O)N1CCCCC1c1nc2ccccc2s1. The number of ether oxygens (including phenoxy) is 1. The molecule has 2 atom stereocenters. The van der Waals surface area contributed by atoms with Gasteiger partial charge in [-0.15, -0.1) is 11.3 Å². The molecule has 7 heteroatoms. The average Bonchev–Trinajstić information content (AvgIpc) is 3.03. The maximum Gasteiger partial charge on any atom is 0.408 e. The van der Waals surface area contributed by atoms with Gasteiger partial charge < -0.3 is 15.0 Å². The van der Waals surface area contributed by atoms with Gasteiger partial charge in [-0.2, -0.15) is 0 Å². The van der Waals surface area contributed by atoms with Gasteiger partial charge in [-0.3, -0.25) is 4.79 Å². The minimum Gasteiger partial charge on any atom is -0.444 e. The van der Waals surface area contributed by atoms with E-state index in [1.807, 2.05) is 23.1 Å². The molecule has 2 unspecified atom stereocenters. The van der Waals surface area contributed by atoms with Gasteiger partial charge in [0.05, 0.1) is 16.3 Å². The zero-order valence-electron chi connectivity index (χ0n) is 16.3. The Balaban J connectivity index is 1.74. The first kappa shape index (κ1) is 19.6. The highest BCUT2D eigenvalue weighted by Gasteiger charge is 2.33. The topological polar surface area (TPSA) is 71.5 Å². The van der Waals surface area contributed by atoms with Crippen molar-refractivity contribution in [2.24, 2.45) is 0 Å². The van der Waals surface area contributed by atoms with Gasteiger partial charge in [0.15, 0.2) is 0 Å². The molecule has 1 aromatic heterocycles. The van der Waals surface area contributed by atoms with Gasteiger partial charge in [-0.1, -0.05) is 12.1 Å². The number of hydrogen-bond acceptors (Lipinski definition) is 5. The lowest BCUT2D eigenvalue weighted by molar-refractivity contribution is -0.137. The summed E-state index contributed by atoms with van der Waals surface area (Å²) in [5.74, 6) is -0.0928. The molecule has 2 amide bonds. The third kappa shape index (κ3) is 4.77. The molecule has 27 heavy (non-hydrogen) atoms. The first-order chi connectivity index (χ1) is 12.7. The standard InChI is InChI=1S/C20H27N3O3S/c1-13(21-19(25)26-20(2,3)4)18(24)23-12-8-7-10-15(23)17-22-14-9-5-6-11-16(14)27-17/h5-6,9,11,13,15H,7-8,10,12H2,1-4H3,(H,21,25). The maximum absolute atomic E-state index is 13.0. The van der Waals surface area contributed by atoms with E-state index in [-0.39, 0.29) is 11.9 Å². The van der Waals surface area contributed by atoms with Crippen molar-refractivity contribution in [2.75, 3.05) is 6.54 Å². The molecule has 0 aliphatic carbocycles. The molecule has 0 spiro atoms. The molecule has 0 saturated carbocycles. The molecule has 0 radical (unpaired) electrons. The van der Waals surface area contributed by atoms with Gasteiger partial charge in [-0.05, 0) is 59.1 Å². The number of para-hydroxylation sites is 1. The molecule has 0 bridgehead atoms. The molecule has 1 saturated heterocycles. The van der Waals surface area contributed by atoms with Crippen molar-refractivity contribution in [3.8, 4) is 0 Å². The number of piperidine rings is 1. The lowest BCUT2D eigenvalue weighted by Gasteiger charge is -2.36. The predicted octanol–water partition coefficient (Wildman–Crippen LogP) is 4.26. The first-order valence-electron chi connectivity index (χ1n) is 9.40. The fourth-order valence-electron chi connectivity index (χ4n) is 3.28. The van der Waals surface area contributed by atoms with Crippen molar-refractivity contribution in [1.82, 2.24) is 15.2 Å². The summed E-state index contributed by atoms with van der Waals surface area (Å²) >= 11 is 1.64. The molecule has 1 N–H and O–H groups in total. The van der Waals surface area contributed by atoms with Crippen molar-refractivity contribution >= 4 is 33.6 Å². The summed E-state index contributed by atoms with van der Waals surface area (Å²) in [4.78, 5) is 31.7. The zero-order valence-corrected chi connectivity index (χ0v) is 17.1. The predicted molar refractivity (Wildman–Crippen MR) is 107 cm³/mol. The van der Waals surface area contributed by atoms with Gasteiger partial charge >= 0.3 is 6.09 Å². The largest absolute Gasteiger partial charge is 0.444 e. The molecular weight excluding hydrogens is 362 g/mol. The lowest BCUT2D eigenvalue weighted by Crippen LogP contribution is -2.50. The maximum atomic E-state index is 13.0. The molecule has 2 heterocycles. The number of nitrogens with zero attached hydrogens (tertiary/aromatic N) is 2. The van der Waals surface area contributed by atoms with E-state index in [2.05, 4.69) is 11.4 Å². The van der Waals surface area contributed by atoms with E-state index < -0.39 is 17.7 Å². The molecule has 1 aliphatic rings. The summed E-state index contributed by atoms with van der Waals surface area (Å²) in [7, 11) is 0. The van der Waals surface area contributed by atoms with E-state index >= 15 is 0 Å². The van der Waals surface area contributed by atoms with Crippen LogP contribution in [0.25, 0.3) is 10.2 Å². The number of aromatic nitrogens is 1. The fraction of sp³-hybridized carbons (Fsp3) is 0.550. The number of thiazole rings is 1. The molecule has 6 nitrogen and oxygen atoms in total. The van der Waals surface area contributed by atoms with Crippen LogP contribution < -0.4 is 5.32 Å².